The summed E-state index contributed by atoms with van der Waals surface area (Å²) in [6.07, 6.45) is 4.49. The van der Waals surface area contributed by atoms with Crippen LogP contribution in [0.2, 0.25) is 0 Å². The molecule has 13 heteroatoms. The molecule has 126 heavy (non-hydrogen) atoms. The van der Waals surface area contributed by atoms with Crippen LogP contribution in [0.3, 0.4) is 0 Å². The van der Waals surface area contributed by atoms with E-state index < -0.39 is 29.9 Å². The highest BCUT2D eigenvalue weighted by atomic mass is 16.4. The van der Waals surface area contributed by atoms with Gasteiger partial charge in [-0.15, -0.1) is 0 Å². The van der Waals surface area contributed by atoms with Gasteiger partial charge in [-0.2, -0.15) is 0 Å². The summed E-state index contributed by atoms with van der Waals surface area (Å²) in [6.45, 7) is 73.6. The molecule has 0 aromatic heterocycles. The molecule has 14 N–H and O–H groups in total. The maximum Gasteiger partial charge on any atom is 0.303 e. The number of aryl methyl sites for hydroxylation is 2. The fourth-order valence-corrected chi connectivity index (χ4v) is 11.8. The molecule has 0 saturated carbocycles. The Balaban J connectivity index is -0.000000321. The van der Waals surface area contributed by atoms with Gasteiger partial charge in [0.05, 0.1) is 0 Å². The van der Waals surface area contributed by atoms with Crippen molar-refractivity contribution < 1.29 is 24.3 Å². The first-order valence-corrected chi connectivity index (χ1v) is 45.5. The summed E-state index contributed by atoms with van der Waals surface area (Å²) in [7, 11) is 0. The van der Waals surface area contributed by atoms with Gasteiger partial charge >= 0.3 is 5.97 Å². The van der Waals surface area contributed by atoms with Crippen molar-refractivity contribution in [3.8, 4) is 0 Å². The standard InChI is InChI=1S/C15H28N6O5.4C11H16.3C10H14.2C9H12.3C2H6.2H3N/c1-9(13(25)18-7-3-4-8-19-15(16)17)20-14(26)11(21-10(2)22)5-6-12(23)24;1-8(2)11-9(3)6-5-7-10(11)4;3*1-11(2,3)9-10-7-5-4-6-8-10;3*1-10(2,3)9-7-5-4-6-8-9;2*1-8(2)9-6-4-3-5-7-9;3*1-2;;/h9,11H,3-8H2,1-2H3,(H,18,25)(H,20,26)(H,21,22)(H,23,24)(H4,16,17,19);5-8H,1-4H3;3*4-8H,9H2,1-3H3;3*4-8H,1-3H3;2*3-8H,1-2H3;3*1-2H3;2*1H3/t9-,11-;;;;;;;;;;;;;;/m1............../s1. The SMILES string of the molecule is CC.CC.CC.CC(=O)N[C@H](CCC(=O)O)C(=O)N[C@H](C)C(=O)NCCCCN=C(N)N.CC(C)(C)Cc1ccccc1.CC(C)(C)Cc1ccccc1.CC(C)(C)Cc1ccccc1.CC(C)(C)c1ccccc1.CC(C)(C)c1ccccc1.CC(C)(C)c1ccccc1.CC(C)c1ccccc1.CC(C)c1ccccc1.Cc1cccc(C)c1C(C)C.N.N. The number of carbonyl (C=O) groups excluding carboxylic acids is 3. The largest absolute Gasteiger partial charge is 0.481 e. The van der Waals surface area contributed by atoms with E-state index in [1.807, 2.05) is 53.7 Å². The molecule has 0 bridgehead atoms. The van der Waals surface area contributed by atoms with E-state index in [-0.39, 0.29) is 37.0 Å². The average Bonchev–Trinajstić information content (AvgIpc) is 0.850. The van der Waals surface area contributed by atoms with Crippen LogP contribution in [-0.2, 0) is 54.7 Å². The number of guanidine groups is 1. The van der Waals surface area contributed by atoms with Gasteiger partial charge in [0.25, 0.3) is 0 Å². The van der Waals surface area contributed by atoms with Crippen molar-refractivity contribution in [3.05, 3.63) is 322 Å². The molecular formula is C113H182N8O5. The van der Waals surface area contributed by atoms with Gasteiger partial charge in [0.2, 0.25) is 17.7 Å². The maximum absolute atomic E-state index is 12.1. The van der Waals surface area contributed by atoms with Crippen LogP contribution in [-0.4, -0.2) is 59.9 Å². The number of hydrogen-bond acceptors (Lipinski definition) is 7. The lowest BCUT2D eigenvalue weighted by molar-refractivity contribution is -0.138. The van der Waals surface area contributed by atoms with Crippen LogP contribution >= 0.6 is 0 Å². The van der Waals surface area contributed by atoms with Gasteiger partial charge in [0.15, 0.2) is 5.96 Å². The van der Waals surface area contributed by atoms with Crippen LogP contribution < -0.4 is 39.7 Å². The molecule has 9 rings (SSSR count). The molecule has 9 aromatic rings. The van der Waals surface area contributed by atoms with Crippen molar-refractivity contribution in [2.24, 2.45) is 32.7 Å². The molecule has 0 spiro atoms. The van der Waals surface area contributed by atoms with Crippen molar-refractivity contribution >= 4 is 29.7 Å². The zero-order valence-electron chi connectivity index (χ0n) is 85.7. The van der Waals surface area contributed by atoms with E-state index in [0.29, 0.717) is 76.2 Å². The molecule has 9 aromatic carbocycles. The normalized spacial score (nSPS) is 10.8. The molecule has 3 amide bonds. The smallest absolute Gasteiger partial charge is 0.303 e. The number of hydrogen-bond donors (Lipinski definition) is 8. The van der Waals surface area contributed by atoms with Gasteiger partial charge < -0.3 is 44.8 Å². The lowest BCUT2D eigenvalue weighted by Crippen LogP contribution is -2.52. The fourth-order valence-electron chi connectivity index (χ4n) is 11.8. The Morgan fingerprint density at radius 1 is 0.365 bits per heavy atom. The third-order valence-electron chi connectivity index (χ3n) is 18.0. The summed E-state index contributed by atoms with van der Waals surface area (Å²) in [5.41, 5.74) is 28.1. The van der Waals surface area contributed by atoms with Crippen molar-refractivity contribution in [2.75, 3.05) is 13.1 Å². The maximum atomic E-state index is 12.1. The van der Waals surface area contributed by atoms with Crippen LogP contribution in [0.1, 0.15) is 326 Å². The lowest BCUT2D eigenvalue weighted by Gasteiger charge is -2.20. The highest BCUT2D eigenvalue weighted by molar-refractivity contribution is 5.91. The Morgan fingerprint density at radius 2 is 0.635 bits per heavy atom. The fraction of sp³-hybridized carbons (Fsp3) is 0.478. The van der Waals surface area contributed by atoms with Gasteiger partial charge in [-0.3, -0.25) is 24.2 Å². The number of nitrogens with two attached hydrogens (primary N) is 2. The number of carboxylic acid groups (broad SMARTS) is 1. The molecule has 704 valence electrons. The molecule has 0 radical (unpaired) electrons. The summed E-state index contributed by atoms with van der Waals surface area (Å²) in [6, 6.07) is 89.2. The number of benzene rings is 9. The lowest BCUT2D eigenvalue weighted by atomic mass is 9.87. The van der Waals surface area contributed by atoms with Crippen molar-refractivity contribution in [1.29, 1.82) is 0 Å². The quantitative estimate of drug-likeness (QED) is 0.0230. The van der Waals surface area contributed by atoms with E-state index >= 15 is 0 Å². The molecule has 0 aliphatic heterocycles. The Labute approximate surface area is 771 Å². The van der Waals surface area contributed by atoms with Gasteiger partial charge in [-0.05, 0) is 171 Å². The van der Waals surface area contributed by atoms with Crippen molar-refractivity contribution in [2.45, 2.75) is 326 Å². The minimum absolute atomic E-state index is 0. The van der Waals surface area contributed by atoms with E-state index in [1.54, 1.807) is 0 Å². The topological polar surface area (TPSA) is 259 Å². The minimum atomic E-state index is -1.08. The summed E-state index contributed by atoms with van der Waals surface area (Å²) >= 11 is 0. The second-order valence-electron chi connectivity index (χ2n) is 37.8. The zero-order chi connectivity index (χ0) is 95.7. The Morgan fingerprint density at radius 3 is 0.841 bits per heavy atom. The first kappa shape index (κ1) is 127. The number of aliphatic carboxylic acids is 1. The van der Waals surface area contributed by atoms with E-state index in [2.05, 4.69) is 450 Å². The van der Waals surface area contributed by atoms with Crippen LogP contribution in [0.15, 0.2) is 266 Å². The molecule has 0 heterocycles. The monoisotopic (exact) mass is 1730 g/mol. The summed E-state index contributed by atoms with van der Waals surface area (Å²) in [5.74, 6) is -0.569. The highest BCUT2D eigenvalue weighted by Gasteiger charge is 2.25. The molecule has 0 fully saturated rings. The second kappa shape index (κ2) is 71.1. The number of aliphatic imine (C=N–C) groups is 1. The van der Waals surface area contributed by atoms with Gasteiger partial charge in [-0.25, -0.2) is 0 Å². The first-order valence-electron chi connectivity index (χ1n) is 45.5. The van der Waals surface area contributed by atoms with E-state index in [4.69, 9.17) is 16.6 Å². The third kappa shape index (κ3) is 71.2. The van der Waals surface area contributed by atoms with Crippen molar-refractivity contribution in [1.82, 2.24) is 28.3 Å². The van der Waals surface area contributed by atoms with Crippen LogP contribution in [0, 0.1) is 30.1 Å². The molecular weight excluding hydrogens is 1550 g/mol. The zero-order valence-corrected chi connectivity index (χ0v) is 85.7. The average molecular weight is 1730 g/mol. The van der Waals surface area contributed by atoms with Crippen LogP contribution in [0.5, 0.6) is 0 Å². The second-order valence-corrected chi connectivity index (χ2v) is 37.8. The number of amides is 3. The van der Waals surface area contributed by atoms with Gasteiger partial charge in [0.1, 0.15) is 12.1 Å². The first-order chi connectivity index (χ1) is 57.9. The number of carboxylic acids is 1. The Bertz CT molecular complexity index is 3790. The van der Waals surface area contributed by atoms with Crippen LogP contribution in [0.25, 0.3) is 0 Å². The molecule has 0 unspecified atom stereocenters. The predicted molar refractivity (Wildman–Crippen MR) is 554 cm³/mol. The highest BCUT2D eigenvalue weighted by Crippen LogP contribution is 2.26. The number of rotatable bonds is 18. The van der Waals surface area contributed by atoms with E-state index in [9.17, 15) is 19.2 Å². The Kier molecular flexibility index (Phi) is 71.6. The summed E-state index contributed by atoms with van der Waals surface area (Å²) < 4.78 is 0. The molecule has 0 aliphatic carbocycles. The summed E-state index contributed by atoms with van der Waals surface area (Å²) in [4.78, 5) is 49.7. The van der Waals surface area contributed by atoms with Crippen molar-refractivity contribution in [3.63, 3.8) is 0 Å². The van der Waals surface area contributed by atoms with E-state index in [0.717, 1.165) is 19.3 Å². The third-order valence-corrected chi connectivity index (χ3v) is 18.0. The number of carbonyl (C=O) groups is 4. The number of nitrogens with one attached hydrogen (secondary N) is 3. The summed E-state index contributed by atoms with van der Waals surface area (Å²) in [5, 5.41) is 16.2. The van der Waals surface area contributed by atoms with Gasteiger partial charge in [0, 0.05) is 26.4 Å². The van der Waals surface area contributed by atoms with E-state index in [1.165, 1.54) is 75.0 Å². The molecule has 13 nitrogen and oxygen atoms in total. The number of nitrogens with zero attached hydrogens (tertiary/aromatic N) is 1. The molecule has 0 aliphatic rings. The van der Waals surface area contributed by atoms with Gasteiger partial charge in [-0.1, -0.05) is 469 Å². The predicted octanol–water partition coefficient (Wildman–Crippen LogP) is 29.3. The molecule has 0 saturated heterocycles. The minimum Gasteiger partial charge on any atom is -0.481 e. The Hall–Kier alpha value is -9.95. The van der Waals surface area contributed by atoms with Crippen LogP contribution in [0.4, 0.5) is 0 Å². The number of unbranched alkanes of at least 4 members (excludes halogenated alkanes) is 1. The molecule has 2 atom stereocenters.